The van der Waals surface area contributed by atoms with Gasteiger partial charge < -0.3 is 14.4 Å². The van der Waals surface area contributed by atoms with Gasteiger partial charge in [0.2, 0.25) is 4.77 Å². The van der Waals surface area contributed by atoms with Crippen molar-refractivity contribution in [2.45, 2.75) is 6.67 Å². The number of rotatable bonds is 6. The molecule has 8 heteroatoms. The lowest BCUT2D eigenvalue weighted by molar-refractivity contribution is 0.194. The fourth-order valence-electron chi connectivity index (χ4n) is 3.47. The summed E-state index contributed by atoms with van der Waals surface area (Å²) in [5.41, 5.74) is 2.21. The minimum atomic E-state index is 0.563. The molecule has 2 aromatic carbocycles. The molecular weight excluding hydrogens is 386 g/mol. The number of hydrogen-bond donors (Lipinski definition) is 1. The summed E-state index contributed by atoms with van der Waals surface area (Å²) >= 11 is 5.46. The summed E-state index contributed by atoms with van der Waals surface area (Å²) in [5, 5.41) is 3.33. The van der Waals surface area contributed by atoms with E-state index in [4.69, 9.17) is 21.7 Å². The molecule has 1 aromatic heterocycles. The van der Waals surface area contributed by atoms with Crippen LogP contribution in [0.4, 0.5) is 5.69 Å². The number of piperazine rings is 1. The third-order valence-corrected chi connectivity index (χ3v) is 5.51. The van der Waals surface area contributed by atoms with E-state index in [-0.39, 0.29) is 0 Å². The number of methoxy groups -OCH3 is 2. The summed E-state index contributed by atoms with van der Waals surface area (Å²) in [6.07, 6.45) is 0. The van der Waals surface area contributed by atoms with Crippen LogP contribution in [0.1, 0.15) is 0 Å². The normalized spacial score (nSPS) is 14.8. The largest absolute Gasteiger partial charge is 0.497 e. The van der Waals surface area contributed by atoms with Crippen LogP contribution in [-0.2, 0) is 6.67 Å². The minimum absolute atomic E-state index is 0.563. The molecule has 29 heavy (non-hydrogen) atoms. The van der Waals surface area contributed by atoms with Crippen LogP contribution in [0.15, 0.2) is 48.5 Å². The van der Waals surface area contributed by atoms with E-state index in [0.29, 0.717) is 11.4 Å². The van der Waals surface area contributed by atoms with Gasteiger partial charge in [0.25, 0.3) is 0 Å². The quantitative estimate of drug-likeness (QED) is 0.628. The van der Waals surface area contributed by atoms with E-state index in [1.807, 2.05) is 41.1 Å². The second-order valence-electron chi connectivity index (χ2n) is 6.96. The van der Waals surface area contributed by atoms with Gasteiger partial charge in [0.15, 0.2) is 5.82 Å². The Kier molecular flexibility index (Phi) is 5.82. The van der Waals surface area contributed by atoms with E-state index in [0.717, 1.165) is 49.1 Å². The molecule has 0 saturated carbocycles. The van der Waals surface area contributed by atoms with Crippen LogP contribution in [0.25, 0.3) is 11.4 Å². The SMILES string of the molecule is COc1ccc(-c2nc(=S)n(CN3CCN(c4ccc(OC)cc4)CC3)[nH]2)cc1. The Morgan fingerprint density at radius 2 is 1.48 bits per heavy atom. The van der Waals surface area contributed by atoms with Crippen LogP contribution < -0.4 is 14.4 Å². The second kappa shape index (κ2) is 8.67. The summed E-state index contributed by atoms with van der Waals surface area (Å²) in [6.45, 7) is 4.58. The Morgan fingerprint density at radius 1 is 0.897 bits per heavy atom. The van der Waals surface area contributed by atoms with Gasteiger partial charge in [-0.2, -0.15) is 4.98 Å². The van der Waals surface area contributed by atoms with Gasteiger partial charge in [0, 0.05) is 37.4 Å². The molecule has 7 nitrogen and oxygen atoms in total. The molecule has 0 amide bonds. The molecule has 3 aromatic rings. The number of hydrogen-bond acceptors (Lipinski definition) is 6. The highest BCUT2D eigenvalue weighted by atomic mass is 32.1. The Labute approximate surface area is 175 Å². The van der Waals surface area contributed by atoms with Crippen LogP contribution in [0.3, 0.4) is 0 Å². The van der Waals surface area contributed by atoms with Crippen LogP contribution in [-0.4, -0.2) is 60.1 Å². The van der Waals surface area contributed by atoms with E-state index in [9.17, 15) is 0 Å². The van der Waals surface area contributed by atoms with Crippen molar-refractivity contribution in [2.24, 2.45) is 0 Å². The standard InChI is InChI=1S/C21H25N5O2S/c1-27-18-7-3-16(4-8-18)20-22-21(29)26(23-20)15-24-11-13-25(14-12-24)17-5-9-19(28-2)10-6-17/h3-10H,11-15H2,1-2H3,(H,22,23,29). The Balaban J connectivity index is 1.37. The van der Waals surface area contributed by atoms with Gasteiger partial charge in [-0.05, 0) is 60.7 Å². The number of aromatic nitrogens is 3. The fraction of sp³-hybridized carbons (Fsp3) is 0.333. The Morgan fingerprint density at radius 3 is 2.07 bits per heavy atom. The summed E-state index contributed by atoms with van der Waals surface area (Å²) in [7, 11) is 3.35. The highest BCUT2D eigenvalue weighted by molar-refractivity contribution is 7.71. The Bertz CT molecular complexity index is 989. The van der Waals surface area contributed by atoms with Gasteiger partial charge in [-0.25, -0.2) is 4.68 Å². The zero-order chi connectivity index (χ0) is 20.2. The highest BCUT2D eigenvalue weighted by Crippen LogP contribution is 2.21. The van der Waals surface area contributed by atoms with Gasteiger partial charge in [-0.3, -0.25) is 10.00 Å². The van der Waals surface area contributed by atoms with Crippen LogP contribution >= 0.6 is 12.2 Å². The summed E-state index contributed by atoms with van der Waals surface area (Å²) in [6, 6.07) is 16.0. The lowest BCUT2D eigenvalue weighted by Gasteiger charge is -2.36. The van der Waals surface area contributed by atoms with Crippen LogP contribution in [0.5, 0.6) is 11.5 Å². The maximum Gasteiger partial charge on any atom is 0.217 e. The summed E-state index contributed by atoms with van der Waals surface area (Å²) in [5.74, 6) is 2.48. The molecule has 1 fully saturated rings. The van der Waals surface area contributed by atoms with Gasteiger partial charge >= 0.3 is 0 Å². The molecule has 0 spiro atoms. The molecule has 1 aliphatic heterocycles. The monoisotopic (exact) mass is 411 g/mol. The van der Waals surface area contributed by atoms with Crippen LogP contribution in [0, 0.1) is 4.77 Å². The van der Waals surface area contributed by atoms with E-state index in [1.165, 1.54) is 5.69 Å². The summed E-state index contributed by atoms with van der Waals surface area (Å²) in [4.78, 5) is 9.29. The van der Waals surface area contributed by atoms with Crippen molar-refractivity contribution in [3.63, 3.8) is 0 Å². The molecule has 1 aliphatic rings. The predicted molar refractivity (Wildman–Crippen MR) is 116 cm³/mol. The smallest absolute Gasteiger partial charge is 0.217 e. The average molecular weight is 412 g/mol. The molecule has 1 N–H and O–H groups in total. The molecule has 0 aliphatic carbocycles. The minimum Gasteiger partial charge on any atom is -0.497 e. The van der Waals surface area contributed by atoms with Crippen LogP contribution in [0.2, 0.25) is 0 Å². The maximum atomic E-state index is 5.46. The van der Waals surface area contributed by atoms with Gasteiger partial charge in [0.1, 0.15) is 11.5 Å². The highest BCUT2D eigenvalue weighted by Gasteiger charge is 2.18. The lowest BCUT2D eigenvalue weighted by Crippen LogP contribution is -2.46. The van der Waals surface area contributed by atoms with Crippen molar-refractivity contribution in [3.05, 3.63) is 53.3 Å². The topological polar surface area (TPSA) is 58.6 Å². The molecule has 4 rings (SSSR count). The molecule has 0 radical (unpaired) electrons. The van der Waals surface area contributed by atoms with Crippen molar-refractivity contribution in [2.75, 3.05) is 45.3 Å². The van der Waals surface area contributed by atoms with Crippen molar-refractivity contribution < 1.29 is 9.47 Å². The molecule has 2 heterocycles. The molecule has 0 atom stereocenters. The second-order valence-corrected chi connectivity index (χ2v) is 7.32. The van der Waals surface area contributed by atoms with Gasteiger partial charge in [-0.15, -0.1) is 0 Å². The van der Waals surface area contributed by atoms with Crippen molar-refractivity contribution in [1.82, 2.24) is 19.7 Å². The fourth-order valence-corrected chi connectivity index (χ4v) is 3.67. The molecule has 152 valence electrons. The number of H-pyrrole nitrogens is 1. The van der Waals surface area contributed by atoms with Crippen molar-refractivity contribution in [3.8, 4) is 22.9 Å². The molecule has 0 unspecified atom stereocenters. The first-order valence-corrected chi connectivity index (χ1v) is 10.00. The third-order valence-electron chi connectivity index (χ3n) is 5.19. The maximum absolute atomic E-state index is 5.46. The first-order chi connectivity index (χ1) is 14.2. The van der Waals surface area contributed by atoms with E-state index in [1.54, 1.807) is 14.2 Å². The number of benzene rings is 2. The molecule has 0 bridgehead atoms. The number of aromatic amines is 1. The van der Waals surface area contributed by atoms with Crippen molar-refractivity contribution in [1.29, 1.82) is 0 Å². The number of anilines is 1. The Hall–Kier alpha value is -2.84. The number of ether oxygens (including phenoxy) is 2. The lowest BCUT2D eigenvalue weighted by atomic mass is 10.2. The van der Waals surface area contributed by atoms with Gasteiger partial charge in [0.05, 0.1) is 20.9 Å². The van der Waals surface area contributed by atoms with E-state index >= 15 is 0 Å². The van der Waals surface area contributed by atoms with E-state index < -0.39 is 0 Å². The van der Waals surface area contributed by atoms with Crippen molar-refractivity contribution >= 4 is 17.9 Å². The average Bonchev–Trinajstić information content (AvgIpc) is 3.14. The van der Waals surface area contributed by atoms with Gasteiger partial charge in [-0.1, -0.05) is 0 Å². The number of nitrogens with one attached hydrogen (secondary N) is 1. The molecule has 1 saturated heterocycles. The third kappa shape index (κ3) is 4.44. The zero-order valence-corrected chi connectivity index (χ0v) is 17.5. The first-order valence-electron chi connectivity index (χ1n) is 9.59. The summed E-state index contributed by atoms with van der Waals surface area (Å²) < 4.78 is 12.9. The molecular formula is C21H25N5O2S. The zero-order valence-electron chi connectivity index (χ0n) is 16.7. The predicted octanol–water partition coefficient (Wildman–Crippen LogP) is 3.40. The number of nitrogens with zero attached hydrogens (tertiary/aromatic N) is 4. The van der Waals surface area contributed by atoms with E-state index in [2.05, 4.69) is 32.0 Å². The first kappa shape index (κ1) is 19.5.